The van der Waals surface area contributed by atoms with Crippen LogP contribution in [0.4, 0.5) is 0 Å². The fraction of sp³-hybridized carbons (Fsp3) is 0.400. The molecule has 4 heteroatoms. The van der Waals surface area contributed by atoms with E-state index in [9.17, 15) is 0 Å². The molecule has 1 N–H and O–H groups in total. The zero-order chi connectivity index (χ0) is 9.64. The largest absolute Gasteiger partial charge is 0.351 e. The summed E-state index contributed by atoms with van der Waals surface area (Å²) in [6.45, 7) is 1.18. The minimum absolute atomic E-state index is 0.958. The molecule has 0 aliphatic heterocycles. The van der Waals surface area contributed by atoms with Crippen LogP contribution in [0.1, 0.15) is 12.8 Å². The van der Waals surface area contributed by atoms with Crippen molar-refractivity contribution in [3.63, 3.8) is 0 Å². The third kappa shape index (κ3) is 3.05. The van der Waals surface area contributed by atoms with Gasteiger partial charge in [0.1, 0.15) is 0 Å². The molecule has 0 spiro atoms. The van der Waals surface area contributed by atoms with Crippen molar-refractivity contribution >= 4 is 0 Å². The molecule has 0 saturated heterocycles. The summed E-state index contributed by atoms with van der Waals surface area (Å²) in [6, 6.07) is 0. The Balaban J connectivity index is 0.000000128. The van der Waals surface area contributed by atoms with Crippen molar-refractivity contribution < 1.29 is 0 Å². The molecule has 3 rings (SSSR count). The molecule has 4 nitrogen and oxygen atoms in total. The SMILES string of the molecule is c1c[nH]cn1.c1cn(CC2CC2)cn1. The van der Waals surface area contributed by atoms with E-state index < -0.39 is 0 Å². The van der Waals surface area contributed by atoms with Crippen LogP contribution in [0.15, 0.2) is 37.4 Å². The molecule has 2 aromatic rings. The van der Waals surface area contributed by atoms with Crippen LogP contribution in [0.5, 0.6) is 0 Å². The quantitative estimate of drug-likeness (QED) is 0.783. The van der Waals surface area contributed by atoms with E-state index in [1.807, 2.05) is 18.7 Å². The fourth-order valence-electron chi connectivity index (χ4n) is 1.21. The van der Waals surface area contributed by atoms with Gasteiger partial charge in [0.2, 0.25) is 0 Å². The van der Waals surface area contributed by atoms with Crippen LogP contribution in [0.2, 0.25) is 0 Å². The summed E-state index contributed by atoms with van der Waals surface area (Å²) < 4.78 is 2.15. The second kappa shape index (κ2) is 4.60. The van der Waals surface area contributed by atoms with Crippen LogP contribution in [0.3, 0.4) is 0 Å². The topological polar surface area (TPSA) is 46.5 Å². The van der Waals surface area contributed by atoms with Gasteiger partial charge in [0, 0.05) is 31.3 Å². The second-order valence-electron chi connectivity index (χ2n) is 3.46. The third-order valence-electron chi connectivity index (χ3n) is 2.13. The third-order valence-corrected chi connectivity index (χ3v) is 2.13. The van der Waals surface area contributed by atoms with Gasteiger partial charge in [-0.1, -0.05) is 0 Å². The van der Waals surface area contributed by atoms with Gasteiger partial charge in [-0.05, 0) is 18.8 Å². The van der Waals surface area contributed by atoms with Crippen LogP contribution in [0.25, 0.3) is 0 Å². The molecule has 0 radical (unpaired) electrons. The zero-order valence-electron chi connectivity index (χ0n) is 8.00. The lowest BCUT2D eigenvalue weighted by molar-refractivity contribution is 0.626. The Bertz CT molecular complexity index is 304. The van der Waals surface area contributed by atoms with Crippen molar-refractivity contribution in [2.75, 3.05) is 0 Å². The molecule has 0 amide bonds. The number of aromatic nitrogens is 4. The van der Waals surface area contributed by atoms with Crippen molar-refractivity contribution in [3.8, 4) is 0 Å². The minimum atomic E-state index is 0.958. The zero-order valence-corrected chi connectivity index (χ0v) is 8.00. The highest BCUT2D eigenvalue weighted by Gasteiger charge is 2.20. The normalized spacial score (nSPS) is 14.6. The summed E-state index contributed by atoms with van der Waals surface area (Å²) >= 11 is 0. The molecule has 0 aromatic carbocycles. The van der Waals surface area contributed by atoms with Gasteiger partial charge in [-0.3, -0.25) is 0 Å². The number of H-pyrrole nitrogens is 1. The van der Waals surface area contributed by atoms with Gasteiger partial charge >= 0.3 is 0 Å². The van der Waals surface area contributed by atoms with Crippen LogP contribution in [0, 0.1) is 5.92 Å². The Labute approximate surface area is 83.0 Å². The molecule has 1 saturated carbocycles. The average molecular weight is 190 g/mol. The maximum atomic E-state index is 3.97. The molecule has 0 atom stereocenters. The number of aromatic amines is 1. The van der Waals surface area contributed by atoms with Crippen LogP contribution in [-0.4, -0.2) is 19.5 Å². The van der Waals surface area contributed by atoms with Crippen LogP contribution < -0.4 is 0 Å². The molecular formula is C10H14N4. The smallest absolute Gasteiger partial charge is 0.0945 e. The average Bonchev–Trinajstić information content (AvgIpc) is 2.76. The highest BCUT2D eigenvalue weighted by Crippen LogP contribution is 2.30. The van der Waals surface area contributed by atoms with E-state index in [0.717, 1.165) is 5.92 Å². The molecular weight excluding hydrogens is 176 g/mol. The highest BCUT2D eigenvalue weighted by molar-refractivity contribution is 4.80. The molecule has 0 unspecified atom stereocenters. The molecule has 1 aliphatic carbocycles. The number of imidazole rings is 2. The van der Waals surface area contributed by atoms with E-state index in [4.69, 9.17) is 0 Å². The predicted octanol–water partition coefficient (Wildman–Crippen LogP) is 1.70. The predicted molar refractivity (Wildman–Crippen MR) is 53.5 cm³/mol. The molecule has 14 heavy (non-hydrogen) atoms. The number of hydrogen-bond acceptors (Lipinski definition) is 2. The molecule has 74 valence electrons. The monoisotopic (exact) mass is 190 g/mol. The summed E-state index contributed by atoms with van der Waals surface area (Å²) in [5, 5.41) is 0. The van der Waals surface area contributed by atoms with Crippen LogP contribution in [-0.2, 0) is 6.54 Å². The first-order valence-corrected chi connectivity index (χ1v) is 4.83. The molecule has 1 fully saturated rings. The summed E-state index contributed by atoms with van der Waals surface area (Å²) in [7, 11) is 0. The molecule has 0 bridgehead atoms. The Hall–Kier alpha value is -1.58. The first-order valence-electron chi connectivity index (χ1n) is 4.83. The van der Waals surface area contributed by atoms with Gasteiger partial charge in [0.25, 0.3) is 0 Å². The maximum Gasteiger partial charge on any atom is 0.0945 e. The van der Waals surface area contributed by atoms with Gasteiger partial charge < -0.3 is 9.55 Å². The van der Waals surface area contributed by atoms with Crippen LogP contribution >= 0.6 is 0 Å². The summed E-state index contributed by atoms with van der Waals surface area (Å²) in [5.74, 6) is 0.958. The maximum absolute atomic E-state index is 3.97. The van der Waals surface area contributed by atoms with Gasteiger partial charge in [-0.25, -0.2) is 9.97 Å². The first-order chi connectivity index (χ1) is 6.95. The second-order valence-corrected chi connectivity index (χ2v) is 3.46. The first kappa shape index (κ1) is 8.99. The van der Waals surface area contributed by atoms with E-state index in [1.54, 1.807) is 18.7 Å². The minimum Gasteiger partial charge on any atom is -0.351 e. The number of nitrogens with one attached hydrogen (secondary N) is 1. The van der Waals surface area contributed by atoms with E-state index >= 15 is 0 Å². The summed E-state index contributed by atoms with van der Waals surface area (Å²) in [4.78, 5) is 10.4. The molecule has 2 aromatic heterocycles. The van der Waals surface area contributed by atoms with Crippen molar-refractivity contribution in [1.82, 2.24) is 19.5 Å². The van der Waals surface area contributed by atoms with E-state index in [-0.39, 0.29) is 0 Å². The van der Waals surface area contributed by atoms with E-state index in [0.29, 0.717) is 0 Å². The van der Waals surface area contributed by atoms with Gasteiger partial charge in [0.15, 0.2) is 0 Å². The summed E-state index contributed by atoms with van der Waals surface area (Å²) in [6.07, 6.45) is 13.7. The van der Waals surface area contributed by atoms with Gasteiger partial charge in [-0.15, -0.1) is 0 Å². The Morgan fingerprint density at radius 1 is 1.29 bits per heavy atom. The Morgan fingerprint density at radius 3 is 2.64 bits per heavy atom. The molecule has 1 aliphatic rings. The van der Waals surface area contributed by atoms with Crippen molar-refractivity contribution in [2.24, 2.45) is 5.92 Å². The van der Waals surface area contributed by atoms with Gasteiger partial charge in [0.05, 0.1) is 12.7 Å². The standard InChI is InChI=1S/C7H10N2.C3H4N2/c1-2-7(1)5-9-4-3-8-6-9;1-2-5-3-4-1/h3-4,6-7H,1-2,5H2;1-3H,(H,4,5). The number of nitrogens with zero attached hydrogens (tertiary/aromatic N) is 3. The lowest BCUT2D eigenvalue weighted by Crippen LogP contribution is -1.94. The lowest BCUT2D eigenvalue weighted by Gasteiger charge is -1.95. The van der Waals surface area contributed by atoms with Crippen molar-refractivity contribution in [1.29, 1.82) is 0 Å². The fourth-order valence-corrected chi connectivity index (χ4v) is 1.21. The Kier molecular flexibility index (Phi) is 2.95. The van der Waals surface area contributed by atoms with E-state index in [2.05, 4.69) is 19.5 Å². The van der Waals surface area contributed by atoms with Gasteiger partial charge in [-0.2, -0.15) is 0 Å². The van der Waals surface area contributed by atoms with Crippen molar-refractivity contribution in [2.45, 2.75) is 19.4 Å². The highest BCUT2D eigenvalue weighted by atomic mass is 15.0. The van der Waals surface area contributed by atoms with E-state index in [1.165, 1.54) is 19.4 Å². The summed E-state index contributed by atoms with van der Waals surface area (Å²) in [5.41, 5.74) is 0. The lowest BCUT2D eigenvalue weighted by atomic mass is 10.4. The number of hydrogen-bond donors (Lipinski definition) is 1. The molecule has 2 heterocycles. The Morgan fingerprint density at radius 2 is 2.21 bits per heavy atom. The number of rotatable bonds is 2. The van der Waals surface area contributed by atoms with Crippen molar-refractivity contribution in [3.05, 3.63) is 37.4 Å².